The molecule has 0 fully saturated rings. The third-order valence-corrected chi connectivity index (χ3v) is 3.48. The molecule has 25 heavy (non-hydrogen) atoms. The molecular formula is C19H16N4O2. The molecule has 0 saturated carbocycles. The molecule has 0 bridgehead atoms. The van der Waals surface area contributed by atoms with E-state index in [1.54, 1.807) is 48.8 Å². The van der Waals surface area contributed by atoms with Crippen molar-refractivity contribution in [3.05, 3.63) is 96.1 Å². The number of nitrogens with one attached hydrogen (secondary N) is 2. The molecule has 3 aromatic rings. The summed E-state index contributed by atoms with van der Waals surface area (Å²) in [5.41, 5.74) is 1.29. The van der Waals surface area contributed by atoms with Crippen molar-refractivity contribution in [1.82, 2.24) is 20.6 Å². The van der Waals surface area contributed by atoms with Gasteiger partial charge in [0.05, 0.1) is 0 Å². The molecule has 0 spiro atoms. The van der Waals surface area contributed by atoms with Crippen LogP contribution in [-0.4, -0.2) is 21.8 Å². The van der Waals surface area contributed by atoms with Crippen LogP contribution in [0, 0.1) is 0 Å². The van der Waals surface area contributed by atoms with E-state index in [9.17, 15) is 9.59 Å². The summed E-state index contributed by atoms with van der Waals surface area (Å²) in [5, 5.41) is 5.58. The minimum Gasteiger partial charge on any atom is -0.327 e. The molecule has 2 aromatic heterocycles. The fourth-order valence-electron chi connectivity index (χ4n) is 2.25. The fourth-order valence-corrected chi connectivity index (χ4v) is 2.25. The summed E-state index contributed by atoms with van der Waals surface area (Å²) < 4.78 is 0. The molecule has 2 heterocycles. The second-order valence-corrected chi connectivity index (χ2v) is 5.22. The topological polar surface area (TPSA) is 84.0 Å². The van der Waals surface area contributed by atoms with E-state index in [-0.39, 0.29) is 23.2 Å². The van der Waals surface area contributed by atoms with Gasteiger partial charge in [0.1, 0.15) is 17.6 Å². The Balaban J connectivity index is 1.81. The van der Waals surface area contributed by atoms with E-state index in [1.165, 1.54) is 0 Å². The van der Waals surface area contributed by atoms with Gasteiger partial charge in [-0.15, -0.1) is 0 Å². The lowest BCUT2D eigenvalue weighted by molar-refractivity contribution is 0.0878. The average molecular weight is 332 g/mol. The molecule has 6 heteroatoms. The lowest BCUT2D eigenvalue weighted by Gasteiger charge is -2.20. The molecule has 0 atom stereocenters. The summed E-state index contributed by atoms with van der Waals surface area (Å²) in [5.74, 6) is -0.758. The summed E-state index contributed by atoms with van der Waals surface area (Å²) in [4.78, 5) is 32.9. The Morgan fingerprint density at radius 3 is 1.60 bits per heavy atom. The number of aromatic nitrogens is 2. The first-order chi connectivity index (χ1) is 12.2. The fraction of sp³-hybridized carbons (Fsp3) is 0.0526. The highest BCUT2D eigenvalue weighted by molar-refractivity contribution is 5.94. The van der Waals surface area contributed by atoms with Gasteiger partial charge in [0.25, 0.3) is 11.8 Å². The van der Waals surface area contributed by atoms with E-state index in [4.69, 9.17) is 0 Å². The normalized spacial score (nSPS) is 10.3. The van der Waals surface area contributed by atoms with E-state index in [2.05, 4.69) is 20.6 Å². The third kappa shape index (κ3) is 4.26. The largest absolute Gasteiger partial charge is 0.327 e. The van der Waals surface area contributed by atoms with Crippen molar-refractivity contribution in [3.8, 4) is 0 Å². The number of rotatable bonds is 5. The number of amides is 2. The molecule has 2 amide bonds. The van der Waals surface area contributed by atoms with Crippen LogP contribution >= 0.6 is 0 Å². The maximum absolute atomic E-state index is 12.4. The molecule has 1 aromatic carbocycles. The SMILES string of the molecule is O=C(NC(NC(=O)c1ccccn1)c1ccccc1)c1ccccn1. The van der Waals surface area contributed by atoms with Crippen LogP contribution in [0.15, 0.2) is 79.1 Å². The zero-order valence-electron chi connectivity index (χ0n) is 13.3. The van der Waals surface area contributed by atoms with Gasteiger partial charge in [-0.1, -0.05) is 42.5 Å². The lowest BCUT2D eigenvalue weighted by atomic mass is 10.1. The van der Waals surface area contributed by atoms with Crippen molar-refractivity contribution < 1.29 is 9.59 Å². The molecule has 0 aliphatic carbocycles. The number of carbonyl (C=O) groups excluding carboxylic acids is 2. The zero-order chi connectivity index (χ0) is 17.5. The van der Waals surface area contributed by atoms with Gasteiger partial charge in [0.15, 0.2) is 0 Å². The number of pyridine rings is 2. The van der Waals surface area contributed by atoms with Crippen molar-refractivity contribution in [2.45, 2.75) is 6.17 Å². The third-order valence-electron chi connectivity index (χ3n) is 3.48. The number of benzene rings is 1. The van der Waals surface area contributed by atoms with E-state index >= 15 is 0 Å². The quantitative estimate of drug-likeness (QED) is 0.702. The van der Waals surface area contributed by atoms with Crippen LogP contribution in [0.1, 0.15) is 32.7 Å². The lowest BCUT2D eigenvalue weighted by Crippen LogP contribution is -2.41. The number of hydrogen-bond acceptors (Lipinski definition) is 4. The van der Waals surface area contributed by atoms with Crippen molar-refractivity contribution in [2.75, 3.05) is 0 Å². The first-order valence-electron chi connectivity index (χ1n) is 7.73. The zero-order valence-corrected chi connectivity index (χ0v) is 13.3. The van der Waals surface area contributed by atoms with E-state index in [1.807, 2.05) is 30.3 Å². The molecular weight excluding hydrogens is 316 g/mol. The van der Waals surface area contributed by atoms with E-state index in [0.29, 0.717) is 0 Å². The summed E-state index contributed by atoms with van der Waals surface area (Å²) >= 11 is 0. The van der Waals surface area contributed by atoms with E-state index in [0.717, 1.165) is 5.56 Å². The van der Waals surface area contributed by atoms with Crippen LogP contribution in [0.2, 0.25) is 0 Å². The highest BCUT2D eigenvalue weighted by atomic mass is 16.2. The van der Waals surface area contributed by atoms with Gasteiger partial charge in [0, 0.05) is 12.4 Å². The minimum atomic E-state index is -0.704. The van der Waals surface area contributed by atoms with Gasteiger partial charge >= 0.3 is 0 Å². The first-order valence-corrected chi connectivity index (χ1v) is 7.73. The molecule has 0 radical (unpaired) electrons. The maximum atomic E-state index is 12.4. The molecule has 3 rings (SSSR count). The predicted molar refractivity (Wildman–Crippen MR) is 92.6 cm³/mol. The van der Waals surface area contributed by atoms with Crippen molar-refractivity contribution in [1.29, 1.82) is 0 Å². The Morgan fingerprint density at radius 1 is 0.680 bits per heavy atom. The number of carbonyl (C=O) groups is 2. The highest BCUT2D eigenvalue weighted by Gasteiger charge is 2.19. The van der Waals surface area contributed by atoms with Crippen molar-refractivity contribution in [2.24, 2.45) is 0 Å². The molecule has 0 saturated heterocycles. The summed E-state index contributed by atoms with van der Waals surface area (Å²) in [6.07, 6.45) is 2.38. The predicted octanol–water partition coefficient (Wildman–Crippen LogP) is 2.34. The van der Waals surface area contributed by atoms with Gasteiger partial charge in [0.2, 0.25) is 0 Å². The Morgan fingerprint density at radius 2 is 1.16 bits per heavy atom. The molecule has 0 aliphatic heterocycles. The Hall–Kier alpha value is -3.54. The molecule has 0 aliphatic rings. The average Bonchev–Trinajstić information content (AvgIpc) is 2.69. The number of hydrogen-bond donors (Lipinski definition) is 2. The van der Waals surface area contributed by atoms with Gasteiger partial charge in [-0.3, -0.25) is 19.6 Å². The first kappa shape index (κ1) is 16.3. The molecule has 124 valence electrons. The molecule has 2 N–H and O–H groups in total. The monoisotopic (exact) mass is 332 g/mol. The van der Waals surface area contributed by atoms with Gasteiger partial charge < -0.3 is 10.6 Å². The van der Waals surface area contributed by atoms with Crippen molar-refractivity contribution >= 4 is 11.8 Å². The van der Waals surface area contributed by atoms with Crippen LogP contribution in [-0.2, 0) is 0 Å². The summed E-state index contributed by atoms with van der Waals surface area (Å²) in [7, 11) is 0. The number of nitrogens with zero attached hydrogens (tertiary/aromatic N) is 2. The molecule has 6 nitrogen and oxygen atoms in total. The summed E-state index contributed by atoms with van der Waals surface area (Å²) in [6, 6.07) is 19.3. The standard InChI is InChI=1S/C19H16N4O2/c24-18(15-10-4-6-12-20-15)22-17(14-8-2-1-3-9-14)23-19(25)16-11-5-7-13-21-16/h1-13,17H,(H,22,24)(H,23,25). The molecule has 0 unspecified atom stereocenters. The Bertz CT molecular complexity index is 786. The van der Waals surface area contributed by atoms with Crippen LogP contribution < -0.4 is 10.6 Å². The maximum Gasteiger partial charge on any atom is 0.271 e. The second-order valence-electron chi connectivity index (χ2n) is 5.22. The van der Waals surface area contributed by atoms with E-state index < -0.39 is 6.17 Å². The highest BCUT2D eigenvalue weighted by Crippen LogP contribution is 2.11. The van der Waals surface area contributed by atoms with Crippen LogP contribution in [0.25, 0.3) is 0 Å². The minimum absolute atomic E-state index is 0.274. The smallest absolute Gasteiger partial charge is 0.271 e. The van der Waals surface area contributed by atoms with Gasteiger partial charge in [-0.05, 0) is 29.8 Å². The Labute approximate surface area is 145 Å². The van der Waals surface area contributed by atoms with Gasteiger partial charge in [-0.25, -0.2) is 0 Å². The van der Waals surface area contributed by atoms with Crippen molar-refractivity contribution in [3.63, 3.8) is 0 Å². The van der Waals surface area contributed by atoms with Gasteiger partial charge in [-0.2, -0.15) is 0 Å². The Kier molecular flexibility index (Phi) is 5.11. The summed E-state index contributed by atoms with van der Waals surface area (Å²) in [6.45, 7) is 0. The van der Waals surface area contributed by atoms with Crippen LogP contribution in [0.3, 0.4) is 0 Å². The van der Waals surface area contributed by atoms with Crippen LogP contribution in [0.4, 0.5) is 0 Å². The second kappa shape index (κ2) is 7.83. The van der Waals surface area contributed by atoms with Crippen LogP contribution in [0.5, 0.6) is 0 Å².